The Bertz CT molecular complexity index is 3620. The molecule has 3 aliphatic rings. The molecule has 51 heteroatoms. The van der Waals surface area contributed by atoms with Crippen LogP contribution < -0.4 is 144 Å². The van der Waals surface area contributed by atoms with Gasteiger partial charge in [-0.25, -0.2) is 0 Å². The van der Waals surface area contributed by atoms with Gasteiger partial charge in [0.2, 0.25) is 88.6 Å². The Kier molecular flexibility index (Phi) is 46.4. The van der Waals surface area contributed by atoms with Gasteiger partial charge in [0.25, 0.3) is 0 Å². The van der Waals surface area contributed by atoms with E-state index in [9.17, 15) is 62.3 Å². The van der Waals surface area contributed by atoms with Crippen molar-refractivity contribution >= 4 is 150 Å². The van der Waals surface area contributed by atoms with Crippen LogP contribution >= 0.6 is 25.3 Å². The van der Waals surface area contributed by atoms with Crippen LogP contribution in [0.2, 0.25) is 0 Å². The van der Waals surface area contributed by atoms with Gasteiger partial charge in [0, 0.05) is 70.3 Å². The molecular formula is C68H124N34O15S2. The first-order valence-electron chi connectivity index (χ1n) is 39.2. The molecule has 0 unspecified atom stereocenters. The molecule has 119 heavy (non-hydrogen) atoms. The van der Waals surface area contributed by atoms with Crippen LogP contribution in [0.3, 0.4) is 0 Å². The van der Waals surface area contributed by atoms with Crippen LogP contribution in [0.25, 0.3) is 0 Å². The molecule has 668 valence electrons. The number of hydrogen-bond donors (Lipinski definition) is 28. The molecule has 0 bridgehead atoms. The predicted octanol–water partition coefficient (Wildman–Crippen LogP) is -13.0. The Labute approximate surface area is 699 Å². The van der Waals surface area contributed by atoms with E-state index in [0.717, 1.165) is 0 Å². The van der Waals surface area contributed by atoms with Crippen molar-refractivity contribution in [2.75, 3.05) is 77.0 Å². The molecule has 3 aliphatic heterocycles. The quantitative estimate of drug-likeness (QED) is 0.0126. The summed E-state index contributed by atoms with van der Waals surface area (Å²) in [5.41, 5.74) is 78.4. The smallest absolute Gasteiger partial charge is 0.246 e. The highest BCUT2D eigenvalue weighted by atomic mass is 32.1. The maximum absolute atomic E-state index is 15.1. The Balaban J connectivity index is 2.31. The largest absolute Gasteiger partial charge is 0.370 e. The second-order valence-electron chi connectivity index (χ2n) is 28.3. The number of aliphatic imine (C=N–C) groups is 6. The average Bonchev–Trinajstić information content (AvgIpc) is 1.66. The Morgan fingerprint density at radius 3 is 0.975 bits per heavy atom. The molecule has 3 rings (SSSR count). The van der Waals surface area contributed by atoms with Gasteiger partial charge in [-0.1, -0.05) is 0 Å². The number of hydrogen-bond acceptors (Lipinski definition) is 24. The minimum atomic E-state index is -1.67. The first-order chi connectivity index (χ1) is 56.4. The molecule has 3 fully saturated rings. The Morgan fingerprint density at radius 2 is 0.622 bits per heavy atom. The van der Waals surface area contributed by atoms with Crippen LogP contribution in [-0.2, 0) is 71.9 Å². The number of primary amides is 1. The van der Waals surface area contributed by atoms with Gasteiger partial charge in [0.05, 0.1) is 6.54 Å². The van der Waals surface area contributed by atoms with Crippen molar-refractivity contribution in [2.45, 2.75) is 220 Å². The molecule has 0 aromatic heterocycles. The van der Waals surface area contributed by atoms with Crippen LogP contribution in [0.1, 0.15) is 142 Å². The van der Waals surface area contributed by atoms with Crippen molar-refractivity contribution in [1.29, 1.82) is 0 Å². The number of unbranched alkanes of at least 4 members (excludes halogenated alkanes) is 1. The predicted molar refractivity (Wildman–Crippen MR) is 448 cm³/mol. The zero-order chi connectivity index (χ0) is 88.8. The van der Waals surface area contributed by atoms with E-state index in [1.54, 1.807) is 0 Å². The second kappa shape index (κ2) is 54.3. The van der Waals surface area contributed by atoms with Crippen LogP contribution in [0.15, 0.2) is 30.0 Å². The fourth-order valence-electron chi connectivity index (χ4n) is 12.7. The summed E-state index contributed by atoms with van der Waals surface area (Å²) in [6, 6.07) is -19.3. The van der Waals surface area contributed by atoms with Gasteiger partial charge < -0.3 is 154 Å². The molecule has 0 aliphatic carbocycles. The van der Waals surface area contributed by atoms with E-state index in [2.05, 4.69) is 119 Å². The lowest BCUT2D eigenvalue weighted by atomic mass is 10.0. The molecule has 0 radical (unpaired) electrons. The maximum Gasteiger partial charge on any atom is 0.246 e. The average molecular weight is 1720 g/mol. The molecule has 3 heterocycles. The second-order valence-corrected chi connectivity index (χ2v) is 29.1. The first-order valence-corrected chi connectivity index (χ1v) is 40.4. The number of nitrogens with zero attached hydrogens (tertiary/aromatic N) is 8. The van der Waals surface area contributed by atoms with E-state index in [4.69, 9.17) is 80.3 Å². The summed E-state index contributed by atoms with van der Waals surface area (Å²) in [5, 5.41) is 30.8. The van der Waals surface area contributed by atoms with Crippen molar-refractivity contribution in [3.63, 3.8) is 0 Å². The Morgan fingerprint density at radius 1 is 0.336 bits per heavy atom. The summed E-state index contributed by atoms with van der Waals surface area (Å²) in [4.78, 5) is 242. The minimum absolute atomic E-state index is 0.00751. The first kappa shape index (κ1) is 102. The van der Waals surface area contributed by atoms with Gasteiger partial charge in [-0.2, -0.15) is 25.3 Å². The van der Waals surface area contributed by atoms with Crippen molar-refractivity contribution in [1.82, 2.24) is 73.6 Å². The van der Waals surface area contributed by atoms with Crippen LogP contribution in [0.5, 0.6) is 0 Å². The molecule has 0 spiro atoms. The number of guanidine groups is 6. The lowest BCUT2D eigenvalue weighted by molar-refractivity contribution is -0.148. The molecule has 3 saturated heterocycles. The van der Waals surface area contributed by atoms with Crippen molar-refractivity contribution < 1.29 is 71.9 Å². The summed E-state index contributed by atoms with van der Waals surface area (Å²) in [7, 11) is 0. The van der Waals surface area contributed by atoms with Gasteiger partial charge in [-0.15, -0.1) is 0 Å². The Hall–Kier alpha value is -11.7. The highest BCUT2D eigenvalue weighted by molar-refractivity contribution is 7.80. The monoisotopic (exact) mass is 1720 g/mol. The van der Waals surface area contributed by atoms with Crippen LogP contribution in [-0.4, -0.2) is 290 Å². The zero-order valence-electron chi connectivity index (χ0n) is 67.0. The normalized spacial score (nSPS) is 24.3. The van der Waals surface area contributed by atoms with Gasteiger partial charge in [-0.3, -0.25) is 102 Å². The number of carbonyl (C=O) groups excluding carboxylic acids is 15. The zero-order valence-corrected chi connectivity index (χ0v) is 68.8. The summed E-state index contributed by atoms with van der Waals surface area (Å²) in [6.45, 7) is 0.170. The number of nitrogens with two attached hydrogens (primary N) is 14. The maximum atomic E-state index is 15.1. The van der Waals surface area contributed by atoms with Gasteiger partial charge in [0.15, 0.2) is 35.8 Å². The standard InChI is InChI=1S/C68H124N34O15S2/c1-35-50(105)92-36(12-2-3-23-69)51(106)89-32-49(104)91-42(21-22-48(70)103)57(112)95-38(14-5-25-84-64(73)74)53(108)94-40(16-7-27-86-66(77)78)55(110)100-45(34-119)59(114)98-43(18-9-29-88-68(81)82)61(116)102-31-11-20-47(102)62(117)101-30-10-19-46(101)60(115)97-41(17-8-28-87-67(79)80)56(111)99-44(33-118)58(113)96-39(15-6-26-85-65(75)76)54(109)93-37(52(107)90-35)13-4-24-83-63(71)72/h35-47,118-119H,2-34,69H2,1H3,(H2,70,103)(H,89,106)(H,90,107)(H,91,104)(H,92,105)(H,93,109)(H,94,108)(H,95,112)(H,96,113)(H,97,115)(H,98,114)(H,99,111)(H,100,110)(H4,71,72,83)(H4,73,74,84)(H4,75,76,85)(H4,77,78,86)(H4,79,80,87)(H4,81,82,88)/t35-,36-,37-,38-,39-,40-,41-,42-,43-,44-,45-,46+,47-/m0/s1. The summed E-state index contributed by atoms with van der Waals surface area (Å²) < 4.78 is 0. The summed E-state index contributed by atoms with van der Waals surface area (Å²) in [5.74, 6) is -16.6. The van der Waals surface area contributed by atoms with E-state index in [-0.39, 0.29) is 210 Å². The van der Waals surface area contributed by atoms with E-state index < -0.39 is 198 Å². The molecule has 49 nitrogen and oxygen atoms in total. The third-order valence-corrected chi connectivity index (χ3v) is 19.6. The topological polar surface area (TPSA) is 845 Å². The van der Waals surface area contributed by atoms with Crippen molar-refractivity contribution in [3.05, 3.63) is 0 Å². The van der Waals surface area contributed by atoms with E-state index in [1.807, 2.05) is 0 Å². The van der Waals surface area contributed by atoms with Gasteiger partial charge in [-0.05, 0) is 142 Å². The number of fused-ring (bicyclic) bond motifs is 2. The van der Waals surface area contributed by atoms with Crippen molar-refractivity contribution in [3.8, 4) is 0 Å². The molecule has 0 aromatic carbocycles. The lowest BCUT2D eigenvalue weighted by Gasteiger charge is -2.33. The van der Waals surface area contributed by atoms with E-state index in [1.165, 1.54) is 16.7 Å². The fourth-order valence-corrected chi connectivity index (χ4v) is 13.2. The third kappa shape index (κ3) is 38.5. The van der Waals surface area contributed by atoms with Crippen molar-refractivity contribution in [2.24, 2.45) is 110 Å². The molecule has 40 N–H and O–H groups in total. The molecule has 13 atom stereocenters. The lowest BCUT2D eigenvalue weighted by Crippen LogP contribution is -2.61. The molecule has 0 saturated carbocycles. The molecular weight excluding hydrogens is 1600 g/mol. The highest BCUT2D eigenvalue weighted by Crippen LogP contribution is 2.27. The SMILES string of the molecule is C[C@@H]1NC(=O)[C@H](CCCN=C(N)N)NC(=O)[C@H](CCCN=C(N)N)NC(=O)[C@H](CS)NC(=O)[C@H](CCCN=C(N)N)NC(=O)[C@H]2CCCN2C(=O)[C@@H]2CCCN2C(=O)[C@H](CCCN=C(N)N)NC(=O)[C@H](CS)NC(=O)[C@H](CCCN=C(N)N)NC(=O)[C@H](CCCN=C(N)N)NC(=O)[C@H](CCC(N)=O)NC(=O)CNC(=O)[C@H](CCCCN)NC1=O. The number of nitrogens with one attached hydrogen (secondary N) is 12. The van der Waals surface area contributed by atoms with Crippen LogP contribution in [0, 0.1) is 0 Å². The number of amides is 15. The van der Waals surface area contributed by atoms with Gasteiger partial charge >= 0.3 is 0 Å². The van der Waals surface area contributed by atoms with E-state index in [0.29, 0.717) is 6.42 Å². The number of carbonyl (C=O) groups is 15. The third-order valence-electron chi connectivity index (χ3n) is 18.8. The minimum Gasteiger partial charge on any atom is -0.370 e. The van der Waals surface area contributed by atoms with E-state index >= 15 is 9.59 Å². The number of thiol groups is 2. The molecule has 15 amide bonds. The fraction of sp³-hybridized carbons (Fsp3) is 0.691. The molecule has 0 aromatic rings. The highest BCUT2D eigenvalue weighted by Gasteiger charge is 2.45. The van der Waals surface area contributed by atoms with Crippen LogP contribution in [0.4, 0.5) is 0 Å². The van der Waals surface area contributed by atoms with Gasteiger partial charge in [0.1, 0.15) is 78.5 Å². The number of rotatable bonds is 33. The summed E-state index contributed by atoms with van der Waals surface area (Å²) in [6.07, 6.45) is -0.757. The summed E-state index contributed by atoms with van der Waals surface area (Å²) >= 11 is 8.74.